The molecule has 0 aromatic heterocycles. The van der Waals surface area contributed by atoms with Gasteiger partial charge in [0.05, 0.1) is 10.3 Å². The molecule has 0 fully saturated rings. The van der Waals surface area contributed by atoms with E-state index in [9.17, 15) is 0 Å². The van der Waals surface area contributed by atoms with Gasteiger partial charge in [-0.05, 0) is 33.3 Å². The molecule has 1 nitrogen and oxygen atoms in total. The highest BCUT2D eigenvalue weighted by molar-refractivity contribution is 8.24. The molecule has 0 aliphatic carbocycles. The van der Waals surface area contributed by atoms with Gasteiger partial charge in [-0.1, -0.05) is 47.7 Å². The van der Waals surface area contributed by atoms with Gasteiger partial charge in [-0.3, -0.25) is 0 Å². The number of rotatable bonds is 2. The molecule has 0 saturated carbocycles. The molecule has 0 bridgehead atoms. The van der Waals surface area contributed by atoms with E-state index < -0.39 is 4.75 Å². The smallest absolute Gasteiger partial charge is 0.102 e. The number of thiocarbonyl (C=S) groups is 1. The molecule has 1 aromatic rings. The van der Waals surface area contributed by atoms with Crippen LogP contribution in [0.2, 0.25) is 0 Å². The molecule has 0 radical (unpaired) electrons. The minimum atomic E-state index is -0.464. The minimum absolute atomic E-state index is 0.464. The Bertz CT molecular complexity index is 455. The Morgan fingerprint density at radius 2 is 2.00 bits per heavy atom. The summed E-state index contributed by atoms with van der Waals surface area (Å²) < 4.78 is 0.332. The summed E-state index contributed by atoms with van der Waals surface area (Å²) in [7, 11) is 0. The Hall–Kier alpha value is -0.850. The van der Waals surface area contributed by atoms with Crippen molar-refractivity contribution in [2.24, 2.45) is 0 Å². The van der Waals surface area contributed by atoms with E-state index >= 15 is 0 Å². The number of hydrogen-bond acceptors (Lipinski definition) is 3. The lowest BCUT2D eigenvalue weighted by Gasteiger charge is -2.16. The molecule has 84 valence electrons. The van der Waals surface area contributed by atoms with Gasteiger partial charge in [0, 0.05) is 5.56 Å². The average Bonchev–Trinajstić information content (AvgIpc) is 2.16. The number of benzene rings is 1. The topological polar surface area (TPSA) is 23.8 Å². The standard InChI is InChI=1S/C13H15NS2/c1-9-5-6-11(10(2)7-9)12(15)16-13(3,4)8-14/h5-7H,1-4H3. The molecule has 0 aliphatic rings. The number of hydrogen-bond donors (Lipinski definition) is 0. The quantitative estimate of drug-likeness (QED) is 0.740. The fourth-order valence-corrected chi connectivity index (χ4v) is 3.05. The molecule has 1 rings (SSSR count). The Morgan fingerprint density at radius 1 is 1.38 bits per heavy atom. The maximum atomic E-state index is 8.97. The molecular formula is C13H15NS2. The van der Waals surface area contributed by atoms with E-state index in [1.807, 2.05) is 19.9 Å². The van der Waals surface area contributed by atoms with Gasteiger partial charge in [-0.25, -0.2) is 0 Å². The second-order valence-electron chi connectivity index (χ2n) is 4.33. The van der Waals surface area contributed by atoms with Gasteiger partial charge in [0.1, 0.15) is 4.75 Å². The van der Waals surface area contributed by atoms with Crippen molar-refractivity contribution >= 4 is 28.2 Å². The minimum Gasteiger partial charge on any atom is -0.197 e. The molecule has 0 aliphatic heterocycles. The normalized spacial score (nSPS) is 10.9. The summed E-state index contributed by atoms with van der Waals surface area (Å²) in [6.07, 6.45) is 0. The van der Waals surface area contributed by atoms with Gasteiger partial charge in [-0.15, -0.1) is 0 Å². The lowest BCUT2D eigenvalue weighted by atomic mass is 10.1. The highest BCUT2D eigenvalue weighted by Crippen LogP contribution is 2.29. The fraction of sp³-hybridized carbons (Fsp3) is 0.385. The number of aryl methyl sites for hydroxylation is 2. The van der Waals surface area contributed by atoms with Gasteiger partial charge in [0.15, 0.2) is 0 Å². The van der Waals surface area contributed by atoms with Crippen molar-refractivity contribution in [2.75, 3.05) is 0 Å². The summed E-state index contributed by atoms with van der Waals surface area (Å²) in [4.78, 5) is 0. The first-order chi connectivity index (χ1) is 7.35. The predicted molar refractivity (Wildman–Crippen MR) is 74.9 cm³/mol. The Balaban J connectivity index is 2.95. The van der Waals surface area contributed by atoms with Crippen LogP contribution in [0.1, 0.15) is 30.5 Å². The van der Waals surface area contributed by atoms with Crippen LogP contribution in [0, 0.1) is 25.2 Å². The van der Waals surface area contributed by atoms with Crippen molar-refractivity contribution in [3.05, 3.63) is 34.9 Å². The maximum absolute atomic E-state index is 8.97. The van der Waals surface area contributed by atoms with Crippen LogP contribution < -0.4 is 0 Å². The van der Waals surface area contributed by atoms with Crippen LogP contribution in [-0.2, 0) is 0 Å². The van der Waals surface area contributed by atoms with E-state index in [0.29, 0.717) is 0 Å². The highest BCUT2D eigenvalue weighted by Gasteiger charge is 2.21. The van der Waals surface area contributed by atoms with Crippen molar-refractivity contribution in [1.82, 2.24) is 0 Å². The van der Waals surface area contributed by atoms with Crippen LogP contribution in [0.5, 0.6) is 0 Å². The summed E-state index contributed by atoms with van der Waals surface area (Å²) in [6.45, 7) is 7.88. The van der Waals surface area contributed by atoms with Crippen LogP contribution in [0.3, 0.4) is 0 Å². The van der Waals surface area contributed by atoms with Gasteiger partial charge in [0.2, 0.25) is 0 Å². The summed E-state index contributed by atoms with van der Waals surface area (Å²) in [5.74, 6) is 0. The zero-order valence-electron chi connectivity index (χ0n) is 10.00. The summed E-state index contributed by atoms with van der Waals surface area (Å²) in [5.41, 5.74) is 3.47. The van der Waals surface area contributed by atoms with Crippen molar-refractivity contribution in [3.63, 3.8) is 0 Å². The molecule has 0 atom stereocenters. The van der Waals surface area contributed by atoms with Gasteiger partial charge < -0.3 is 0 Å². The third-order valence-corrected chi connectivity index (χ3v) is 3.70. The lowest BCUT2D eigenvalue weighted by molar-refractivity contribution is 0.921. The Kier molecular flexibility index (Phi) is 4.12. The van der Waals surface area contributed by atoms with E-state index in [2.05, 4.69) is 32.0 Å². The zero-order valence-corrected chi connectivity index (χ0v) is 11.6. The average molecular weight is 249 g/mol. The zero-order chi connectivity index (χ0) is 12.3. The molecule has 0 spiro atoms. The first-order valence-electron chi connectivity index (χ1n) is 5.07. The van der Waals surface area contributed by atoms with Gasteiger partial charge in [0.25, 0.3) is 0 Å². The largest absolute Gasteiger partial charge is 0.197 e. The molecule has 1 aromatic carbocycles. The van der Waals surface area contributed by atoms with Crippen LogP contribution >= 0.6 is 24.0 Å². The van der Waals surface area contributed by atoms with Crippen molar-refractivity contribution in [1.29, 1.82) is 5.26 Å². The van der Waals surface area contributed by atoms with E-state index in [4.69, 9.17) is 17.5 Å². The number of nitrogens with zero attached hydrogens (tertiary/aromatic N) is 1. The highest BCUT2D eigenvalue weighted by atomic mass is 32.2. The van der Waals surface area contributed by atoms with Gasteiger partial charge in [-0.2, -0.15) is 5.26 Å². The van der Waals surface area contributed by atoms with Crippen molar-refractivity contribution in [2.45, 2.75) is 32.4 Å². The summed E-state index contributed by atoms with van der Waals surface area (Å²) in [5, 5.41) is 8.97. The van der Waals surface area contributed by atoms with Crippen LogP contribution in [0.25, 0.3) is 0 Å². The lowest BCUT2D eigenvalue weighted by Crippen LogP contribution is -2.14. The van der Waals surface area contributed by atoms with Crippen molar-refractivity contribution < 1.29 is 0 Å². The molecule has 0 N–H and O–H groups in total. The first kappa shape index (κ1) is 13.2. The molecule has 0 unspecified atom stereocenters. The Labute approximate surface area is 107 Å². The molecular weight excluding hydrogens is 234 g/mol. The van der Waals surface area contributed by atoms with Crippen LogP contribution in [0.15, 0.2) is 18.2 Å². The van der Waals surface area contributed by atoms with Crippen molar-refractivity contribution in [3.8, 4) is 6.07 Å². The third-order valence-electron chi connectivity index (χ3n) is 2.22. The Morgan fingerprint density at radius 3 is 2.50 bits per heavy atom. The van der Waals surface area contributed by atoms with Gasteiger partial charge >= 0.3 is 0 Å². The monoisotopic (exact) mass is 249 g/mol. The molecule has 3 heteroatoms. The molecule has 0 heterocycles. The maximum Gasteiger partial charge on any atom is 0.102 e. The number of thioether (sulfide) groups is 1. The molecule has 0 amide bonds. The van der Waals surface area contributed by atoms with E-state index in [0.717, 1.165) is 9.76 Å². The molecule has 16 heavy (non-hydrogen) atoms. The summed E-state index contributed by atoms with van der Waals surface area (Å²) >= 11 is 6.82. The first-order valence-corrected chi connectivity index (χ1v) is 6.30. The third kappa shape index (κ3) is 3.33. The number of nitriles is 1. The van der Waals surface area contributed by atoms with E-state index in [1.165, 1.54) is 22.9 Å². The second kappa shape index (κ2) is 4.99. The molecule has 0 saturated heterocycles. The SMILES string of the molecule is Cc1ccc(C(=S)SC(C)(C)C#N)c(C)c1. The summed E-state index contributed by atoms with van der Waals surface area (Å²) in [6, 6.07) is 8.45. The predicted octanol–water partition coefficient (Wildman–Crippen LogP) is 4.01. The van der Waals surface area contributed by atoms with E-state index in [1.54, 1.807) is 0 Å². The van der Waals surface area contributed by atoms with Crippen LogP contribution in [-0.4, -0.2) is 8.94 Å². The van der Waals surface area contributed by atoms with Crippen LogP contribution in [0.4, 0.5) is 0 Å². The fourth-order valence-electron chi connectivity index (χ4n) is 1.35. The second-order valence-corrected chi connectivity index (χ2v) is 6.63. The van der Waals surface area contributed by atoms with E-state index in [-0.39, 0.29) is 0 Å².